The Morgan fingerprint density at radius 2 is 1.07 bits per heavy atom. The molecule has 622 valence electrons. The van der Waals surface area contributed by atoms with Crippen molar-refractivity contribution in [1.29, 1.82) is 0 Å². The first-order valence-electron chi connectivity index (χ1n) is 35.8. The van der Waals surface area contributed by atoms with E-state index in [0.717, 1.165) is 23.4 Å². The predicted molar refractivity (Wildman–Crippen MR) is 400 cm³/mol. The van der Waals surface area contributed by atoms with E-state index in [9.17, 15) is 100 Å². The zero-order chi connectivity index (χ0) is 84.3. The number of carboxylic acid groups (broad SMARTS) is 2. The number of unbranched alkanes of at least 4 members (excludes halogenated alkanes) is 1. The van der Waals surface area contributed by atoms with E-state index in [-0.39, 0.29) is 43.9 Å². The number of aromatic amines is 1. The first-order chi connectivity index (χ1) is 51.9. The van der Waals surface area contributed by atoms with Crippen LogP contribution < -0.4 is 86.3 Å². The van der Waals surface area contributed by atoms with Gasteiger partial charge in [0.15, 0.2) is 0 Å². The molecule has 13 atom stereocenters. The van der Waals surface area contributed by atoms with Crippen molar-refractivity contribution in [3.8, 4) is 0 Å². The number of carbonyl (C=O) groups excluding carboxylic acids is 15. The average molecular weight is 1620 g/mol. The second-order valence-electron chi connectivity index (χ2n) is 27.4. The highest BCUT2D eigenvalue weighted by Gasteiger charge is 2.42. The molecule has 1 aliphatic heterocycles. The maximum absolute atomic E-state index is 14.1. The summed E-state index contributed by atoms with van der Waals surface area (Å²) in [6.07, 6.45) is -3.28. The van der Waals surface area contributed by atoms with Crippen LogP contribution in [0, 0.1) is 23.7 Å². The van der Waals surface area contributed by atoms with Gasteiger partial charge in [0.1, 0.15) is 60.4 Å². The van der Waals surface area contributed by atoms with Crippen molar-refractivity contribution < 1.29 is 110 Å². The SMILES string of the molecule is CC[C@H](C)[C@H](NC(=O)[C@H](CS)NC(=O)CNC(=O)[C@@H](NC(=O)[C@H](CC(N)=O)NC(=O)[C@@H](NC(=O)[C@H](CS)NC(=O)[C@@H](NC(=O)CNC(=O)CNC(=O)[C@H](CC(C)C)NC(=O)CNC(=O)[C@@H](N)Cc1c[nH]c2ccccc12)[C@@H](C)O)C(C)C)C(C)C)C(=O)N1CCC[C@H]1C(=O)N[C@@H](CCCCN)C(=O)O.O=C(O)C(F)(F)F. The molecule has 2 heterocycles. The highest BCUT2D eigenvalue weighted by Crippen LogP contribution is 2.23. The number of hydrogen-bond acceptors (Lipinski definition) is 22. The smallest absolute Gasteiger partial charge is 0.480 e. The summed E-state index contributed by atoms with van der Waals surface area (Å²) in [5.74, 6) is -20.0. The Balaban J connectivity index is 0.00000567. The van der Waals surface area contributed by atoms with Crippen LogP contribution in [0.25, 0.3) is 10.9 Å². The van der Waals surface area contributed by atoms with Crippen LogP contribution in [0.5, 0.6) is 0 Å². The van der Waals surface area contributed by atoms with Crippen LogP contribution in [0.15, 0.2) is 30.5 Å². The van der Waals surface area contributed by atoms with Gasteiger partial charge in [0.05, 0.1) is 44.7 Å². The van der Waals surface area contributed by atoms with Gasteiger partial charge in [-0.05, 0) is 93.7 Å². The highest BCUT2D eigenvalue weighted by molar-refractivity contribution is 7.80. The monoisotopic (exact) mass is 1620 g/mol. The number of nitrogens with one attached hydrogen (secondary N) is 14. The molecule has 111 heavy (non-hydrogen) atoms. The Labute approximate surface area is 649 Å². The van der Waals surface area contributed by atoms with Gasteiger partial charge in [0.2, 0.25) is 88.6 Å². The second-order valence-corrected chi connectivity index (χ2v) is 28.2. The number of likely N-dealkylation sites (tertiary alicyclic amines) is 1. The largest absolute Gasteiger partial charge is 0.490 e. The van der Waals surface area contributed by atoms with Crippen LogP contribution in [0.1, 0.15) is 119 Å². The number of rotatable bonds is 45. The van der Waals surface area contributed by atoms with Crippen molar-refractivity contribution in [2.75, 3.05) is 50.8 Å². The summed E-state index contributed by atoms with van der Waals surface area (Å²) in [5, 5.41) is 59.8. The number of H-pyrrole nitrogens is 1. The molecule has 1 aromatic heterocycles. The molecule has 0 radical (unpaired) electrons. The third kappa shape index (κ3) is 33.7. The molecule has 15 amide bonds. The van der Waals surface area contributed by atoms with E-state index < -0.39 is 235 Å². The Morgan fingerprint density at radius 3 is 1.59 bits per heavy atom. The molecule has 0 spiro atoms. The summed E-state index contributed by atoms with van der Waals surface area (Å²) in [5.41, 5.74) is 18.8. The minimum atomic E-state index is -5.08. The number of aliphatic hydroxyl groups is 1. The number of carboxylic acids is 2. The summed E-state index contributed by atoms with van der Waals surface area (Å²) in [6, 6.07) is -7.48. The molecule has 3 rings (SSSR count). The van der Waals surface area contributed by atoms with E-state index >= 15 is 0 Å². The van der Waals surface area contributed by atoms with Crippen molar-refractivity contribution in [3.05, 3.63) is 36.0 Å². The molecule has 43 heteroatoms. The number of nitrogens with zero attached hydrogens (tertiary/aromatic N) is 1. The number of aromatic nitrogens is 1. The lowest BCUT2D eigenvalue weighted by atomic mass is 9.97. The summed E-state index contributed by atoms with van der Waals surface area (Å²) in [6.45, 7) is 12.0. The number of amides is 15. The normalized spacial score (nSPS) is 15.9. The molecule has 0 unspecified atom stereocenters. The number of alkyl halides is 3. The minimum absolute atomic E-state index is 0.121. The number of para-hydroxylation sites is 1. The maximum atomic E-state index is 14.1. The predicted octanol–water partition coefficient (Wildman–Crippen LogP) is -4.78. The fraction of sp³-hybridized carbons (Fsp3) is 0.632. The second kappa shape index (κ2) is 48.0. The van der Waals surface area contributed by atoms with Gasteiger partial charge in [-0.2, -0.15) is 38.4 Å². The number of halogens is 3. The quantitative estimate of drug-likeness (QED) is 0.0219. The van der Waals surface area contributed by atoms with E-state index in [1.807, 2.05) is 24.3 Å². The molecule has 0 aliphatic carbocycles. The molecule has 23 N–H and O–H groups in total. The van der Waals surface area contributed by atoms with Gasteiger partial charge in [-0.3, -0.25) is 71.9 Å². The number of nitrogens with two attached hydrogens (primary N) is 3. The van der Waals surface area contributed by atoms with E-state index in [2.05, 4.69) is 99.4 Å². The third-order valence-corrected chi connectivity index (χ3v) is 17.9. The number of aliphatic hydroxyl groups excluding tert-OH is 1. The number of carbonyl (C=O) groups is 17. The lowest BCUT2D eigenvalue weighted by molar-refractivity contribution is -0.192. The number of benzene rings is 1. The van der Waals surface area contributed by atoms with Crippen LogP contribution >= 0.6 is 25.3 Å². The number of thiol groups is 2. The fourth-order valence-electron chi connectivity index (χ4n) is 10.9. The molecule has 1 saturated heterocycles. The molecule has 0 saturated carbocycles. The summed E-state index contributed by atoms with van der Waals surface area (Å²) < 4.78 is 31.7. The Hall–Kier alpha value is -9.88. The van der Waals surface area contributed by atoms with Crippen LogP contribution in [-0.4, -0.2) is 255 Å². The van der Waals surface area contributed by atoms with E-state index in [1.165, 1.54) is 32.6 Å². The van der Waals surface area contributed by atoms with Gasteiger partial charge in [0.25, 0.3) is 0 Å². The lowest BCUT2D eigenvalue weighted by Gasteiger charge is -2.32. The molecular formula is C68H107F3N18O20S2. The summed E-state index contributed by atoms with van der Waals surface area (Å²) >= 11 is 8.40. The molecule has 0 bridgehead atoms. The van der Waals surface area contributed by atoms with E-state index in [0.29, 0.717) is 32.2 Å². The number of fused-ring (bicyclic) bond motifs is 1. The first-order valence-corrected chi connectivity index (χ1v) is 37.0. The maximum Gasteiger partial charge on any atom is 0.490 e. The van der Waals surface area contributed by atoms with Gasteiger partial charge < -0.3 is 112 Å². The third-order valence-electron chi connectivity index (χ3n) is 17.2. The van der Waals surface area contributed by atoms with Crippen LogP contribution in [-0.2, 0) is 87.9 Å². The van der Waals surface area contributed by atoms with Crippen LogP contribution in [0.2, 0.25) is 0 Å². The van der Waals surface area contributed by atoms with Gasteiger partial charge >= 0.3 is 18.1 Å². The molecular weight excluding hydrogens is 1510 g/mol. The molecule has 1 aromatic carbocycles. The molecule has 38 nitrogen and oxygen atoms in total. The van der Waals surface area contributed by atoms with Crippen LogP contribution in [0.3, 0.4) is 0 Å². The van der Waals surface area contributed by atoms with Gasteiger partial charge in [-0.15, -0.1) is 0 Å². The molecule has 1 aliphatic rings. The minimum Gasteiger partial charge on any atom is -0.480 e. The number of primary amides is 1. The zero-order valence-corrected chi connectivity index (χ0v) is 64.9. The van der Waals surface area contributed by atoms with Crippen molar-refractivity contribution >= 4 is 137 Å². The van der Waals surface area contributed by atoms with Crippen molar-refractivity contribution in [2.24, 2.45) is 40.9 Å². The highest BCUT2D eigenvalue weighted by atomic mass is 32.1. The van der Waals surface area contributed by atoms with Gasteiger partial charge in [0, 0.05) is 35.2 Å². The van der Waals surface area contributed by atoms with Crippen molar-refractivity contribution in [2.45, 2.75) is 199 Å². The van der Waals surface area contributed by atoms with E-state index in [1.54, 1.807) is 33.9 Å². The number of hydrogen-bond donors (Lipinski definition) is 22. The fourth-order valence-corrected chi connectivity index (χ4v) is 11.4. The number of aliphatic carboxylic acids is 2. The molecule has 2 aromatic rings. The van der Waals surface area contributed by atoms with E-state index in [4.69, 9.17) is 27.1 Å². The Bertz CT molecular complexity index is 3570. The van der Waals surface area contributed by atoms with Crippen molar-refractivity contribution in [1.82, 2.24) is 79.0 Å². The summed E-state index contributed by atoms with van der Waals surface area (Å²) in [4.78, 5) is 226. The Morgan fingerprint density at radius 1 is 0.586 bits per heavy atom. The first kappa shape index (κ1) is 97.2. The van der Waals surface area contributed by atoms with Gasteiger partial charge in [-0.25, -0.2) is 9.59 Å². The van der Waals surface area contributed by atoms with Crippen molar-refractivity contribution in [3.63, 3.8) is 0 Å². The standard InChI is InChI=1S/C66H106N18O18S2.C2HF3O2/c1-10-35(8)54(65(100)84-21-15-19-46(84)61(96)77-41(66(101)102)18-13-14-20-67)83-59(94)44(30-103)76-50(89)29-74-62(97)52(33(4)5)81-58(93)43(24-47(69)86)78-63(98)53(34(6)7)82-60(95)45(31-104)79-64(99)55(36(9)85)80-51(90)27-71-48(87)26-73-57(92)42(22-32(2)3)75-49(88)28-72-56(91)39(68)23-37-25-70-40-17-12-11-16-38(37)40;3-2(4,5)1(6)7/h11-12,16-17,25,32-36,39,41-46,52-55,70,85,103-104H,10,13-15,18-24,26-31,67-68H2,1-9H3,(H2,69,86)(H,71,87)(H,72,91)(H,73,92)(H,74,97)(H,75,88)(H,76,89)(H,77,96)(H,78,98)(H,79,99)(H,80,90)(H,81,93)(H,82,95)(H,83,94)(H,101,102);(H,6,7)/t35-,36+,39-,41-,42-,43-,44-,45-,46-,52-,53-,54-,55-;/m0./s1. The van der Waals surface area contributed by atoms with Gasteiger partial charge in [-0.1, -0.05) is 80.0 Å². The lowest BCUT2D eigenvalue weighted by Crippen LogP contribution is -2.62. The Kier molecular flexibility index (Phi) is 42.1. The topological polar surface area (TPSA) is 604 Å². The summed E-state index contributed by atoms with van der Waals surface area (Å²) in [7, 11) is 0. The zero-order valence-electron chi connectivity index (χ0n) is 63.1. The van der Waals surface area contributed by atoms with Crippen LogP contribution in [0.4, 0.5) is 13.2 Å². The molecule has 1 fully saturated rings. The average Bonchev–Trinajstić information content (AvgIpc) is 1.69.